The summed E-state index contributed by atoms with van der Waals surface area (Å²) >= 11 is 2.21. The molecule has 0 unspecified atom stereocenters. The lowest BCUT2D eigenvalue weighted by atomic mass is 9.81. The average molecular weight is 1000 g/mol. The Morgan fingerprint density at radius 3 is 1.63 bits per heavy atom. The summed E-state index contributed by atoms with van der Waals surface area (Å²) in [5.41, 5.74) is -2.17. The second kappa shape index (κ2) is 24.8. The van der Waals surface area contributed by atoms with Crippen molar-refractivity contribution >= 4 is 64.4 Å². The van der Waals surface area contributed by atoms with Crippen molar-refractivity contribution in [3.8, 4) is 0 Å². The summed E-state index contributed by atoms with van der Waals surface area (Å²) in [6.45, 7) is 21.4. The van der Waals surface area contributed by atoms with E-state index in [9.17, 15) is 33.6 Å². The number of carbonyl (C=O) groups excluding carboxylic acids is 7. The van der Waals surface area contributed by atoms with Crippen LogP contribution < -0.4 is 26.6 Å². The highest BCUT2D eigenvalue weighted by Crippen LogP contribution is 2.29. The Morgan fingerprint density at radius 2 is 1.13 bits per heavy atom. The quantitative estimate of drug-likeness (QED) is 0.0422. The monoisotopic (exact) mass is 999 g/mol. The number of hydrogen-bond acceptors (Lipinski definition) is 11. The van der Waals surface area contributed by atoms with Gasteiger partial charge in [-0.2, -0.15) is 0 Å². The largest absolute Gasteiger partial charge is 0.460 e. The summed E-state index contributed by atoms with van der Waals surface area (Å²) in [7, 11) is 0. The average Bonchev–Trinajstić information content (AvgIpc) is 3.12. The van der Waals surface area contributed by atoms with Gasteiger partial charge in [0, 0.05) is 35.4 Å². The van der Waals surface area contributed by atoms with Gasteiger partial charge in [0.2, 0.25) is 11.8 Å². The lowest BCUT2D eigenvalue weighted by Crippen LogP contribution is -2.53. The third kappa shape index (κ3) is 24.5. The molecule has 0 aromatic heterocycles. The number of esters is 3. The van der Waals surface area contributed by atoms with E-state index in [0.29, 0.717) is 32.2 Å². The molecule has 1 aliphatic rings. The summed E-state index contributed by atoms with van der Waals surface area (Å²) in [6, 6.07) is 3.73. The number of ether oxygens (including phenoxy) is 4. The first-order chi connectivity index (χ1) is 29.0. The van der Waals surface area contributed by atoms with E-state index in [4.69, 9.17) is 18.9 Å². The predicted molar refractivity (Wildman–Crippen MR) is 247 cm³/mol. The number of carbonyl (C=O) groups is 7. The Hall–Kier alpha value is -4.16. The maximum Gasteiger partial charge on any atom is 0.407 e. The molecule has 0 saturated heterocycles. The summed E-state index contributed by atoms with van der Waals surface area (Å²) in [6.07, 6.45) is 3.26. The fraction of sp³-hybridized carbons (Fsp3) is 0.717. The molecule has 356 valence electrons. The zero-order chi connectivity index (χ0) is 47.8. The Bertz CT molecular complexity index is 1690. The number of alkyl carbamates (subject to hydrolysis) is 1. The molecule has 17 heteroatoms. The normalized spacial score (nSPS) is 17.2. The van der Waals surface area contributed by atoms with E-state index in [0.717, 1.165) is 22.0 Å². The molecule has 16 nitrogen and oxygen atoms in total. The van der Waals surface area contributed by atoms with Crippen LogP contribution in [0.15, 0.2) is 24.3 Å². The van der Waals surface area contributed by atoms with Crippen LogP contribution in [0.3, 0.4) is 0 Å². The summed E-state index contributed by atoms with van der Waals surface area (Å²) < 4.78 is 22.8. The lowest BCUT2D eigenvalue weighted by molar-refractivity contribution is -0.159. The zero-order valence-electron chi connectivity index (χ0n) is 39.6. The van der Waals surface area contributed by atoms with Crippen molar-refractivity contribution in [2.45, 2.75) is 188 Å². The number of rotatable bonds is 19. The summed E-state index contributed by atoms with van der Waals surface area (Å²) in [4.78, 5) is 91.6. The van der Waals surface area contributed by atoms with Gasteiger partial charge in [-0.1, -0.05) is 12.1 Å². The Labute approximate surface area is 388 Å². The molecule has 0 bridgehead atoms. The van der Waals surface area contributed by atoms with Gasteiger partial charge in [0.25, 0.3) is 0 Å². The molecule has 0 spiro atoms. The van der Waals surface area contributed by atoms with Crippen LogP contribution in [0, 0.1) is 15.4 Å². The highest BCUT2D eigenvalue weighted by molar-refractivity contribution is 14.1. The molecule has 5 N–H and O–H groups in total. The third-order valence-electron chi connectivity index (χ3n) is 9.41. The minimum atomic E-state index is -1.22. The van der Waals surface area contributed by atoms with Crippen LogP contribution in [0.5, 0.6) is 0 Å². The smallest absolute Gasteiger partial charge is 0.407 e. The standard InChI is InChI=1S/C46H74IN5O11/c1-43(2,3)60-36(53)25-24-34(40(57)62-45(7,8)9)52-41(58)51-33(39(56)61-44(4,5)6)15-13-14-26-48-38(55)35(27-29-18-22-32(47)23-19-29)50-37(54)31-20-16-30(17-21-31)28-49-42(59)63-46(10,11)12/h18-19,22-23,30-31,33-35H,13-17,20-21,24-28H2,1-12H3,(H,48,55)(H,49,59)(H,50,54)(H2,51,52,58)/t30?,31?,33-,34-,35-/m0/s1. The number of nitrogens with one attached hydrogen (secondary N) is 5. The molecule has 5 amide bonds. The predicted octanol–water partition coefficient (Wildman–Crippen LogP) is 6.78. The second-order valence-corrected chi connectivity index (χ2v) is 21.4. The van der Waals surface area contributed by atoms with Crippen LogP contribution in [0.1, 0.15) is 146 Å². The van der Waals surface area contributed by atoms with Gasteiger partial charge in [-0.05, 0) is 181 Å². The molecule has 1 saturated carbocycles. The molecule has 1 fully saturated rings. The Balaban J connectivity index is 2.05. The second-order valence-electron chi connectivity index (χ2n) is 20.2. The van der Waals surface area contributed by atoms with Gasteiger partial charge >= 0.3 is 30.0 Å². The van der Waals surface area contributed by atoms with Gasteiger partial charge in [0.1, 0.15) is 40.5 Å². The number of hydrogen-bond donors (Lipinski definition) is 5. The number of unbranched alkanes of at least 4 members (excludes halogenated alkanes) is 1. The van der Waals surface area contributed by atoms with Crippen molar-refractivity contribution in [2.75, 3.05) is 13.1 Å². The lowest BCUT2D eigenvalue weighted by Gasteiger charge is -2.29. The van der Waals surface area contributed by atoms with E-state index >= 15 is 0 Å². The zero-order valence-corrected chi connectivity index (χ0v) is 41.7. The number of halogens is 1. The van der Waals surface area contributed by atoms with Crippen molar-refractivity contribution in [3.63, 3.8) is 0 Å². The highest BCUT2D eigenvalue weighted by Gasteiger charge is 2.33. The minimum Gasteiger partial charge on any atom is -0.460 e. The molecule has 1 aliphatic carbocycles. The van der Waals surface area contributed by atoms with Gasteiger partial charge in [0.15, 0.2) is 0 Å². The molecule has 0 aliphatic heterocycles. The summed E-state index contributed by atoms with van der Waals surface area (Å²) in [5, 5.41) is 14.0. The Morgan fingerprint density at radius 1 is 0.619 bits per heavy atom. The summed E-state index contributed by atoms with van der Waals surface area (Å²) in [5.74, 6) is -2.58. The first-order valence-corrected chi connectivity index (χ1v) is 23.1. The molecule has 1 aromatic rings. The topological polar surface area (TPSA) is 217 Å². The van der Waals surface area contributed by atoms with Gasteiger partial charge in [-0.3, -0.25) is 14.4 Å². The van der Waals surface area contributed by atoms with Crippen LogP contribution in [-0.4, -0.2) is 95.5 Å². The maximum atomic E-state index is 13.7. The maximum absolute atomic E-state index is 13.7. The molecular formula is C46H74IN5O11. The SMILES string of the molecule is CC(C)(C)OC(=O)CC[C@H](NC(=O)N[C@@H](CCCCNC(=O)[C@H](Cc1ccc(I)cc1)NC(=O)C1CCC(CNC(=O)OC(C)(C)C)CC1)C(=O)OC(C)(C)C)C(=O)OC(C)(C)C. The van der Waals surface area contributed by atoms with Crippen molar-refractivity contribution in [2.24, 2.45) is 11.8 Å². The molecule has 0 heterocycles. The first-order valence-electron chi connectivity index (χ1n) is 22.0. The molecule has 3 atom stereocenters. The van der Waals surface area contributed by atoms with Gasteiger partial charge in [-0.25, -0.2) is 19.2 Å². The molecule has 0 radical (unpaired) electrons. The van der Waals surface area contributed by atoms with Crippen molar-refractivity contribution < 1.29 is 52.5 Å². The van der Waals surface area contributed by atoms with Crippen molar-refractivity contribution in [1.82, 2.24) is 26.6 Å². The first kappa shape index (κ1) is 55.0. The fourth-order valence-electron chi connectivity index (χ4n) is 6.59. The van der Waals surface area contributed by atoms with E-state index in [1.807, 2.05) is 45.0 Å². The van der Waals surface area contributed by atoms with E-state index in [1.54, 1.807) is 62.3 Å². The molecule has 1 aromatic carbocycles. The van der Waals surface area contributed by atoms with E-state index < -0.39 is 70.6 Å². The number of benzene rings is 1. The van der Waals surface area contributed by atoms with Gasteiger partial charge < -0.3 is 45.5 Å². The van der Waals surface area contributed by atoms with Crippen LogP contribution in [0.25, 0.3) is 0 Å². The third-order valence-corrected chi connectivity index (χ3v) is 10.1. The van der Waals surface area contributed by atoms with Crippen molar-refractivity contribution in [1.29, 1.82) is 0 Å². The van der Waals surface area contributed by atoms with E-state index in [1.165, 1.54) is 0 Å². The van der Waals surface area contributed by atoms with E-state index in [-0.39, 0.29) is 55.9 Å². The van der Waals surface area contributed by atoms with Crippen LogP contribution in [0.4, 0.5) is 9.59 Å². The van der Waals surface area contributed by atoms with Crippen LogP contribution in [-0.2, 0) is 49.3 Å². The molecular weight excluding hydrogens is 925 g/mol. The number of urea groups is 1. The van der Waals surface area contributed by atoms with Crippen molar-refractivity contribution in [3.05, 3.63) is 33.4 Å². The van der Waals surface area contributed by atoms with E-state index in [2.05, 4.69) is 49.2 Å². The van der Waals surface area contributed by atoms with Crippen LogP contribution >= 0.6 is 22.6 Å². The molecule has 2 rings (SSSR count). The minimum absolute atomic E-state index is 0.102. The van der Waals surface area contributed by atoms with Crippen LogP contribution in [0.2, 0.25) is 0 Å². The highest BCUT2D eigenvalue weighted by atomic mass is 127. The molecule has 63 heavy (non-hydrogen) atoms. The Kier molecular flexibility index (Phi) is 21.6. The fourth-order valence-corrected chi connectivity index (χ4v) is 6.95. The van der Waals surface area contributed by atoms with Gasteiger partial charge in [-0.15, -0.1) is 0 Å². The van der Waals surface area contributed by atoms with Gasteiger partial charge in [0.05, 0.1) is 0 Å². The number of amides is 5.